The lowest BCUT2D eigenvalue weighted by Gasteiger charge is -2.11. The van der Waals surface area contributed by atoms with Gasteiger partial charge in [0.25, 0.3) is 0 Å². The minimum atomic E-state index is -1.58. The summed E-state index contributed by atoms with van der Waals surface area (Å²) in [5.74, 6) is -2.81. The Balaban J connectivity index is 2.69. The van der Waals surface area contributed by atoms with Crippen molar-refractivity contribution < 1.29 is 19.4 Å². The number of benzene rings is 1. The minimum Gasteiger partial charge on any atom is -0.473 e. The summed E-state index contributed by atoms with van der Waals surface area (Å²) in [6, 6.07) is 7.31. The fourth-order valence-electron chi connectivity index (χ4n) is 1.01. The second kappa shape index (κ2) is 5.11. The third-order valence-corrected chi connectivity index (χ3v) is 2.52. The van der Waals surface area contributed by atoms with Crippen LogP contribution >= 0.6 is 22.6 Å². The topological polar surface area (TPSA) is 63.6 Å². The summed E-state index contributed by atoms with van der Waals surface area (Å²) in [7, 11) is 0. The van der Waals surface area contributed by atoms with Crippen molar-refractivity contribution in [2.45, 2.75) is 13.0 Å². The zero-order valence-electron chi connectivity index (χ0n) is 7.94. The Hall–Kier alpha value is -1.11. The second-order valence-corrected chi connectivity index (χ2v) is 4.15. The third-order valence-electron chi connectivity index (χ3n) is 1.80. The summed E-state index contributed by atoms with van der Waals surface area (Å²) < 4.78 is 5.76. The molecule has 1 unspecified atom stereocenters. The molecule has 0 fully saturated rings. The van der Waals surface area contributed by atoms with Crippen LogP contribution in [0.2, 0.25) is 0 Å². The Morgan fingerprint density at radius 2 is 1.87 bits per heavy atom. The number of carbonyl (C=O) groups is 2. The fraction of sp³-hybridized carbons (Fsp3) is 0.200. The highest BCUT2D eigenvalue weighted by Crippen LogP contribution is 2.17. The largest absolute Gasteiger partial charge is 0.473 e. The first kappa shape index (κ1) is 12.0. The van der Waals surface area contributed by atoms with Crippen LogP contribution in [0.25, 0.3) is 0 Å². The Kier molecular flexibility index (Phi) is 4.07. The molecule has 0 saturated heterocycles. The highest BCUT2D eigenvalue weighted by Gasteiger charge is 2.17. The smallest absolute Gasteiger partial charge is 0.417 e. The molecule has 1 rings (SSSR count). The Bertz CT molecular complexity index is 372. The van der Waals surface area contributed by atoms with Crippen molar-refractivity contribution in [1.82, 2.24) is 0 Å². The monoisotopic (exact) mass is 320 g/mol. The lowest BCUT2D eigenvalue weighted by Crippen LogP contribution is -2.18. The van der Waals surface area contributed by atoms with Gasteiger partial charge in [-0.25, -0.2) is 9.59 Å². The van der Waals surface area contributed by atoms with Crippen LogP contribution in [0.3, 0.4) is 0 Å². The van der Waals surface area contributed by atoms with E-state index < -0.39 is 18.0 Å². The number of rotatable bonds is 2. The van der Waals surface area contributed by atoms with Crippen LogP contribution in [-0.4, -0.2) is 17.0 Å². The molecule has 1 atom stereocenters. The van der Waals surface area contributed by atoms with Gasteiger partial charge < -0.3 is 9.84 Å². The summed E-state index contributed by atoms with van der Waals surface area (Å²) in [5, 5.41) is 8.35. The molecule has 0 radical (unpaired) electrons. The van der Waals surface area contributed by atoms with E-state index in [4.69, 9.17) is 9.84 Å². The van der Waals surface area contributed by atoms with Crippen LogP contribution in [0, 0.1) is 3.57 Å². The predicted molar refractivity (Wildman–Crippen MR) is 61.3 cm³/mol. The maximum absolute atomic E-state index is 10.8. The molecule has 0 heterocycles. The van der Waals surface area contributed by atoms with Crippen molar-refractivity contribution in [1.29, 1.82) is 0 Å². The van der Waals surface area contributed by atoms with Gasteiger partial charge in [-0.1, -0.05) is 12.1 Å². The van der Waals surface area contributed by atoms with E-state index in [1.165, 1.54) is 0 Å². The van der Waals surface area contributed by atoms with Crippen LogP contribution < -0.4 is 0 Å². The molecule has 4 nitrogen and oxygen atoms in total. The van der Waals surface area contributed by atoms with Gasteiger partial charge in [0.05, 0.1) is 0 Å². The van der Waals surface area contributed by atoms with Crippen molar-refractivity contribution in [3.8, 4) is 0 Å². The summed E-state index contributed by atoms with van der Waals surface area (Å²) in [4.78, 5) is 21.0. The first-order valence-corrected chi connectivity index (χ1v) is 5.28. The molecule has 0 aromatic heterocycles. The molecule has 0 spiro atoms. The summed E-state index contributed by atoms with van der Waals surface area (Å²) >= 11 is 2.15. The minimum absolute atomic E-state index is 0.550. The van der Waals surface area contributed by atoms with Gasteiger partial charge >= 0.3 is 11.9 Å². The first-order valence-electron chi connectivity index (χ1n) is 4.20. The molecule has 1 aromatic rings. The number of carboxylic acid groups (broad SMARTS) is 1. The lowest BCUT2D eigenvalue weighted by molar-refractivity contribution is -0.167. The highest BCUT2D eigenvalue weighted by molar-refractivity contribution is 14.1. The van der Waals surface area contributed by atoms with E-state index in [-0.39, 0.29) is 0 Å². The number of hydrogen-bond donors (Lipinski definition) is 1. The number of hydrogen-bond acceptors (Lipinski definition) is 3. The van der Waals surface area contributed by atoms with E-state index in [1.807, 2.05) is 12.1 Å². The van der Waals surface area contributed by atoms with E-state index in [2.05, 4.69) is 22.6 Å². The molecular formula is C10H9IO4. The normalized spacial score (nSPS) is 11.9. The van der Waals surface area contributed by atoms with Crippen LogP contribution in [0.4, 0.5) is 0 Å². The average molecular weight is 320 g/mol. The number of ether oxygens (including phenoxy) is 1. The number of aliphatic carboxylic acids is 1. The van der Waals surface area contributed by atoms with Gasteiger partial charge in [-0.3, -0.25) is 0 Å². The molecule has 0 bridgehead atoms. The average Bonchev–Trinajstić information content (AvgIpc) is 2.18. The number of carbonyl (C=O) groups excluding carboxylic acids is 1. The molecule has 1 N–H and O–H groups in total. The van der Waals surface area contributed by atoms with Crippen LogP contribution in [0.5, 0.6) is 0 Å². The molecule has 5 heteroatoms. The zero-order chi connectivity index (χ0) is 11.4. The molecule has 0 aliphatic heterocycles. The third kappa shape index (κ3) is 3.50. The lowest BCUT2D eigenvalue weighted by atomic mass is 10.1. The molecule has 0 saturated carbocycles. The van der Waals surface area contributed by atoms with Gasteiger partial charge in [-0.15, -0.1) is 0 Å². The number of halogens is 1. The SMILES string of the molecule is CC(OC(=O)C(=O)O)c1ccc(I)cc1. The number of carboxylic acids is 1. The van der Waals surface area contributed by atoms with E-state index in [0.29, 0.717) is 0 Å². The van der Waals surface area contributed by atoms with Crippen LogP contribution in [0.1, 0.15) is 18.6 Å². The van der Waals surface area contributed by atoms with E-state index in [0.717, 1.165) is 9.13 Å². The predicted octanol–water partition coefficient (Wildman–Crippen LogP) is 1.98. The molecule has 0 aliphatic carbocycles. The first-order chi connectivity index (χ1) is 7.00. The van der Waals surface area contributed by atoms with Gasteiger partial charge in [-0.2, -0.15) is 0 Å². The number of esters is 1. The second-order valence-electron chi connectivity index (χ2n) is 2.90. The molecule has 15 heavy (non-hydrogen) atoms. The maximum Gasteiger partial charge on any atom is 0.417 e. The Labute approximate surface area is 100 Å². The van der Waals surface area contributed by atoms with E-state index in [1.54, 1.807) is 19.1 Å². The molecule has 1 aromatic carbocycles. The van der Waals surface area contributed by atoms with E-state index in [9.17, 15) is 9.59 Å². The van der Waals surface area contributed by atoms with Gasteiger partial charge in [0.15, 0.2) is 0 Å². The van der Waals surface area contributed by atoms with Gasteiger partial charge in [0, 0.05) is 3.57 Å². The standard InChI is InChI=1S/C10H9IO4/c1-6(15-10(14)9(12)13)7-2-4-8(11)5-3-7/h2-6H,1H3,(H,12,13). The zero-order valence-corrected chi connectivity index (χ0v) is 10.1. The van der Waals surface area contributed by atoms with Gasteiger partial charge in [0.2, 0.25) is 0 Å². The van der Waals surface area contributed by atoms with Crippen LogP contribution in [-0.2, 0) is 14.3 Å². The Morgan fingerprint density at radius 1 is 1.33 bits per heavy atom. The Morgan fingerprint density at radius 3 is 2.33 bits per heavy atom. The van der Waals surface area contributed by atoms with Crippen LogP contribution in [0.15, 0.2) is 24.3 Å². The highest BCUT2D eigenvalue weighted by atomic mass is 127. The van der Waals surface area contributed by atoms with Crippen molar-refractivity contribution in [2.75, 3.05) is 0 Å². The maximum atomic E-state index is 10.8. The summed E-state index contributed by atoms with van der Waals surface area (Å²) in [5.41, 5.74) is 0.769. The quantitative estimate of drug-likeness (QED) is 0.514. The van der Waals surface area contributed by atoms with Gasteiger partial charge in [-0.05, 0) is 47.2 Å². The van der Waals surface area contributed by atoms with Crippen molar-refractivity contribution in [3.63, 3.8) is 0 Å². The molecular weight excluding hydrogens is 311 g/mol. The fourth-order valence-corrected chi connectivity index (χ4v) is 1.37. The van der Waals surface area contributed by atoms with Crippen molar-refractivity contribution in [2.24, 2.45) is 0 Å². The van der Waals surface area contributed by atoms with Gasteiger partial charge in [0.1, 0.15) is 6.10 Å². The molecule has 80 valence electrons. The summed E-state index contributed by atoms with van der Waals surface area (Å²) in [6.07, 6.45) is -0.550. The van der Waals surface area contributed by atoms with Crippen molar-refractivity contribution in [3.05, 3.63) is 33.4 Å². The molecule has 0 aliphatic rings. The van der Waals surface area contributed by atoms with E-state index >= 15 is 0 Å². The van der Waals surface area contributed by atoms with Crippen molar-refractivity contribution >= 4 is 34.5 Å². The summed E-state index contributed by atoms with van der Waals surface area (Å²) in [6.45, 7) is 1.63. The molecule has 0 amide bonds.